The van der Waals surface area contributed by atoms with Gasteiger partial charge in [0.15, 0.2) is 0 Å². The van der Waals surface area contributed by atoms with E-state index < -0.39 is 11.4 Å². The first-order valence-corrected chi connectivity index (χ1v) is 9.07. The van der Waals surface area contributed by atoms with Crippen molar-refractivity contribution in [2.24, 2.45) is 11.3 Å². The van der Waals surface area contributed by atoms with Crippen LogP contribution >= 0.6 is 0 Å². The van der Waals surface area contributed by atoms with Crippen molar-refractivity contribution in [2.75, 3.05) is 29.9 Å². The van der Waals surface area contributed by atoms with E-state index >= 15 is 0 Å². The Morgan fingerprint density at radius 2 is 2.28 bits per heavy atom. The van der Waals surface area contributed by atoms with Gasteiger partial charge in [-0.2, -0.15) is 0 Å². The lowest BCUT2D eigenvalue weighted by molar-refractivity contribution is -0.146. The van der Waals surface area contributed by atoms with Crippen LogP contribution in [0.4, 0.5) is 11.6 Å². The van der Waals surface area contributed by atoms with Crippen LogP contribution in [0.2, 0.25) is 0 Å². The molecule has 0 amide bonds. The summed E-state index contributed by atoms with van der Waals surface area (Å²) in [5.41, 5.74) is -0.710. The van der Waals surface area contributed by atoms with Gasteiger partial charge in [0.2, 0.25) is 0 Å². The van der Waals surface area contributed by atoms with Gasteiger partial charge in [-0.15, -0.1) is 0 Å². The van der Waals surface area contributed by atoms with Gasteiger partial charge in [-0.3, -0.25) is 4.79 Å². The Morgan fingerprint density at radius 3 is 2.96 bits per heavy atom. The van der Waals surface area contributed by atoms with E-state index in [0.29, 0.717) is 25.4 Å². The Bertz CT molecular complexity index is 624. The number of ether oxygens (including phenoxy) is 1. The third-order valence-electron chi connectivity index (χ3n) is 5.32. The summed E-state index contributed by atoms with van der Waals surface area (Å²) in [4.78, 5) is 22.2. The van der Waals surface area contributed by atoms with E-state index in [1.165, 1.54) is 0 Å². The van der Waals surface area contributed by atoms with Gasteiger partial charge in [0.1, 0.15) is 18.0 Å². The Hall–Kier alpha value is -1.89. The summed E-state index contributed by atoms with van der Waals surface area (Å²) in [5.74, 6) is 1.24. The van der Waals surface area contributed by atoms with Crippen molar-refractivity contribution >= 4 is 17.6 Å². The van der Waals surface area contributed by atoms with E-state index in [0.717, 1.165) is 31.1 Å². The molecule has 3 atom stereocenters. The standard InChI is InChI=1S/C18H28N4O3/c1-12(2)16-13(5-4-8-25-16)21-14-9-15(20-11-19-14)22-7-6-18(3,10-22)17(23)24/h9,11-13,16H,4-8,10H2,1-3H3,(H,23,24)(H,19,20,21). The Labute approximate surface area is 148 Å². The fourth-order valence-corrected chi connectivity index (χ4v) is 3.73. The highest BCUT2D eigenvalue weighted by molar-refractivity contribution is 5.76. The van der Waals surface area contributed by atoms with Crippen LogP contribution in [0, 0.1) is 11.3 Å². The van der Waals surface area contributed by atoms with E-state index in [4.69, 9.17) is 4.74 Å². The molecular formula is C18H28N4O3. The van der Waals surface area contributed by atoms with Crippen LogP contribution in [0.1, 0.15) is 40.0 Å². The zero-order valence-electron chi connectivity index (χ0n) is 15.2. The molecule has 2 N–H and O–H groups in total. The fourth-order valence-electron chi connectivity index (χ4n) is 3.73. The Balaban J connectivity index is 1.71. The number of nitrogens with zero attached hydrogens (tertiary/aromatic N) is 3. The second-order valence-corrected chi connectivity index (χ2v) is 7.77. The number of carbonyl (C=O) groups is 1. The molecule has 0 radical (unpaired) electrons. The molecule has 0 aromatic carbocycles. The van der Waals surface area contributed by atoms with Crippen molar-refractivity contribution in [1.29, 1.82) is 0 Å². The topological polar surface area (TPSA) is 87.6 Å². The van der Waals surface area contributed by atoms with Crippen LogP contribution < -0.4 is 10.2 Å². The number of hydrogen-bond acceptors (Lipinski definition) is 6. The molecule has 1 aromatic heterocycles. The molecule has 138 valence electrons. The second-order valence-electron chi connectivity index (χ2n) is 7.77. The molecule has 2 aliphatic heterocycles. The molecule has 3 heterocycles. The summed E-state index contributed by atoms with van der Waals surface area (Å²) in [7, 11) is 0. The molecule has 7 nitrogen and oxygen atoms in total. The Kier molecular flexibility index (Phi) is 5.13. The van der Waals surface area contributed by atoms with E-state index in [2.05, 4.69) is 29.1 Å². The molecule has 2 aliphatic rings. The predicted octanol–water partition coefficient (Wildman–Crippen LogP) is 2.39. The van der Waals surface area contributed by atoms with E-state index in [9.17, 15) is 9.90 Å². The molecule has 3 unspecified atom stereocenters. The average Bonchev–Trinajstić information content (AvgIpc) is 2.99. The molecule has 3 rings (SSSR count). The van der Waals surface area contributed by atoms with Gasteiger partial charge in [-0.25, -0.2) is 9.97 Å². The molecular weight excluding hydrogens is 320 g/mol. The second kappa shape index (κ2) is 7.15. The van der Waals surface area contributed by atoms with E-state index in [-0.39, 0.29) is 12.1 Å². The van der Waals surface area contributed by atoms with Crippen molar-refractivity contribution in [1.82, 2.24) is 9.97 Å². The number of aromatic nitrogens is 2. The normalized spacial score (nSPS) is 29.8. The van der Waals surface area contributed by atoms with E-state index in [1.807, 2.05) is 11.0 Å². The van der Waals surface area contributed by atoms with Gasteiger partial charge < -0.3 is 20.1 Å². The molecule has 0 aliphatic carbocycles. The maximum absolute atomic E-state index is 11.4. The molecule has 25 heavy (non-hydrogen) atoms. The first-order chi connectivity index (χ1) is 11.9. The smallest absolute Gasteiger partial charge is 0.311 e. The summed E-state index contributed by atoms with van der Waals surface area (Å²) in [5, 5.41) is 12.9. The van der Waals surface area contributed by atoms with Gasteiger partial charge in [-0.1, -0.05) is 13.8 Å². The van der Waals surface area contributed by atoms with Crippen LogP contribution in [0.5, 0.6) is 0 Å². The molecule has 2 fully saturated rings. The first-order valence-electron chi connectivity index (χ1n) is 9.07. The number of rotatable bonds is 5. The van der Waals surface area contributed by atoms with E-state index in [1.54, 1.807) is 13.3 Å². The lowest BCUT2D eigenvalue weighted by Crippen LogP contribution is -2.43. The quantitative estimate of drug-likeness (QED) is 0.845. The maximum Gasteiger partial charge on any atom is 0.311 e. The van der Waals surface area contributed by atoms with Crippen molar-refractivity contribution in [2.45, 2.75) is 52.2 Å². The zero-order valence-corrected chi connectivity index (χ0v) is 15.2. The van der Waals surface area contributed by atoms with Crippen molar-refractivity contribution in [3.63, 3.8) is 0 Å². The monoisotopic (exact) mass is 348 g/mol. The molecule has 0 saturated carbocycles. The highest BCUT2D eigenvalue weighted by Gasteiger charge is 2.41. The minimum Gasteiger partial charge on any atom is -0.481 e. The summed E-state index contributed by atoms with van der Waals surface area (Å²) < 4.78 is 5.93. The number of aliphatic carboxylic acids is 1. The SMILES string of the molecule is CC(C)C1OCCCC1Nc1cc(N2CCC(C)(C(=O)O)C2)ncn1. The fraction of sp³-hybridized carbons (Fsp3) is 0.722. The molecule has 1 aromatic rings. The number of nitrogens with one attached hydrogen (secondary N) is 1. The van der Waals surface area contributed by atoms with Crippen molar-refractivity contribution < 1.29 is 14.6 Å². The van der Waals surface area contributed by atoms with Gasteiger partial charge in [-0.05, 0) is 32.1 Å². The molecule has 0 spiro atoms. The molecule has 2 saturated heterocycles. The van der Waals surface area contributed by atoms with Crippen LogP contribution in [0.15, 0.2) is 12.4 Å². The summed E-state index contributed by atoms with van der Waals surface area (Å²) in [6.07, 6.45) is 4.45. The van der Waals surface area contributed by atoms with Crippen molar-refractivity contribution in [3.8, 4) is 0 Å². The lowest BCUT2D eigenvalue weighted by atomic mass is 9.90. The first kappa shape index (κ1) is 17.9. The number of carboxylic acids is 1. The minimum absolute atomic E-state index is 0.175. The molecule has 0 bridgehead atoms. The number of anilines is 2. The minimum atomic E-state index is -0.749. The highest BCUT2D eigenvalue weighted by Crippen LogP contribution is 2.33. The van der Waals surface area contributed by atoms with Crippen LogP contribution in [0.25, 0.3) is 0 Å². The van der Waals surface area contributed by atoms with Crippen molar-refractivity contribution in [3.05, 3.63) is 12.4 Å². The zero-order chi connectivity index (χ0) is 18.0. The van der Waals surface area contributed by atoms with Gasteiger partial charge >= 0.3 is 5.97 Å². The maximum atomic E-state index is 11.4. The van der Waals surface area contributed by atoms with Gasteiger partial charge in [0, 0.05) is 25.8 Å². The predicted molar refractivity (Wildman–Crippen MR) is 95.8 cm³/mol. The number of carboxylic acid groups (broad SMARTS) is 1. The summed E-state index contributed by atoms with van der Waals surface area (Å²) in [6, 6.07) is 2.15. The largest absolute Gasteiger partial charge is 0.481 e. The Morgan fingerprint density at radius 1 is 1.48 bits per heavy atom. The van der Waals surface area contributed by atoms with Gasteiger partial charge in [0.25, 0.3) is 0 Å². The summed E-state index contributed by atoms with van der Waals surface area (Å²) >= 11 is 0. The highest BCUT2D eigenvalue weighted by atomic mass is 16.5. The lowest BCUT2D eigenvalue weighted by Gasteiger charge is -2.35. The third-order valence-corrected chi connectivity index (χ3v) is 5.32. The average molecular weight is 348 g/mol. The van der Waals surface area contributed by atoms with Crippen LogP contribution in [-0.2, 0) is 9.53 Å². The van der Waals surface area contributed by atoms with Crippen LogP contribution in [0.3, 0.4) is 0 Å². The van der Waals surface area contributed by atoms with Crippen LogP contribution in [-0.4, -0.2) is 52.9 Å². The van der Waals surface area contributed by atoms with Gasteiger partial charge in [0.05, 0.1) is 17.6 Å². The number of hydrogen-bond donors (Lipinski definition) is 2. The molecule has 7 heteroatoms. The third kappa shape index (κ3) is 3.86. The summed E-state index contributed by atoms with van der Waals surface area (Å²) in [6.45, 7) is 8.13.